The summed E-state index contributed by atoms with van der Waals surface area (Å²) < 4.78 is 69.3. The van der Waals surface area contributed by atoms with Crippen LogP contribution in [0.25, 0.3) is 0 Å². The summed E-state index contributed by atoms with van der Waals surface area (Å²) in [6, 6.07) is 5.65. The summed E-state index contributed by atoms with van der Waals surface area (Å²) in [7, 11) is -3.72. The van der Waals surface area contributed by atoms with Crippen LogP contribution in [0.1, 0.15) is 42.9 Å². The van der Waals surface area contributed by atoms with Crippen molar-refractivity contribution in [3.63, 3.8) is 0 Å². The maximum Gasteiger partial charge on any atom is 0.416 e. The number of likely N-dealkylation sites (tertiary alicyclic amines) is 1. The molecule has 10 nitrogen and oxygen atoms in total. The third kappa shape index (κ3) is 5.82. The van der Waals surface area contributed by atoms with Gasteiger partial charge in [-0.2, -0.15) is 35.3 Å². The fourth-order valence-corrected chi connectivity index (χ4v) is 7.22. The van der Waals surface area contributed by atoms with Crippen molar-refractivity contribution in [2.45, 2.75) is 50.5 Å². The molecule has 2 amide bonds. The van der Waals surface area contributed by atoms with Crippen LogP contribution >= 0.6 is 0 Å². The van der Waals surface area contributed by atoms with Crippen LogP contribution in [0.2, 0.25) is 0 Å². The van der Waals surface area contributed by atoms with E-state index in [1.165, 1.54) is 25.6 Å². The highest BCUT2D eigenvalue weighted by molar-refractivity contribution is 7.86. The fourth-order valence-electron chi connectivity index (χ4n) is 5.44. The number of halogens is 3. The van der Waals surface area contributed by atoms with Gasteiger partial charge in [0.1, 0.15) is 6.04 Å². The Labute approximate surface area is 224 Å². The second kappa shape index (κ2) is 10.9. The van der Waals surface area contributed by atoms with Crippen LogP contribution in [-0.4, -0.2) is 82.3 Å². The number of hydrogen-bond acceptors (Lipinski definition) is 5. The summed E-state index contributed by atoms with van der Waals surface area (Å²) in [5, 5.41) is 6.90. The first kappa shape index (κ1) is 27.6. The van der Waals surface area contributed by atoms with Crippen molar-refractivity contribution < 1.29 is 31.2 Å². The standard InChI is InChI=1S/C25H31F3N6O4S/c26-25(27,28)20-8-6-18(7-9-20)14-29-23(35)22-5-2-12-33(22)24(36)19-4-1-11-31(15-19)39(37,38)32-16-21(17-32)34-13-3-10-30-34/h3,6-10,13,19,21-22H,1-2,4-5,11-12,14-17H2,(H,29,35)/t19-,22+/m0/s1. The molecule has 14 heteroatoms. The molecule has 0 saturated carbocycles. The van der Waals surface area contributed by atoms with Gasteiger partial charge in [-0.05, 0) is 49.4 Å². The van der Waals surface area contributed by atoms with Gasteiger partial charge in [-0.15, -0.1) is 0 Å². The van der Waals surface area contributed by atoms with E-state index in [1.807, 2.05) is 0 Å². The number of alkyl halides is 3. The molecule has 3 fully saturated rings. The summed E-state index contributed by atoms with van der Waals surface area (Å²) in [6.45, 7) is 1.50. The topological polar surface area (TPSA) is 108 Å². The summed E-state index contributed by atoms with van der Waals surface area (Å²) in [6.07, 6.45) is 1.22. The first-order chi connectivity index (χ1) is 18.5. The highest BCUT2D eigenvalue weighted by Gasteiger charge is 2.44. The first-order valence-corrected chi connectivity index (χ1v) is 14.4. The van der Waals surface area contributed by atoms with Crippen LogP contribution in [0.3, 0.4) is 0 Å². The molecule has 3 aliphatic heterocycles. The predicted molar refractivity (Wildman–Crippen MR) is 134 cm³/mol. The van der Waals surface area contributed by atoms with Crippen molar-refractivity contribution in [3.8, 4) is 0 Å². The van der Waals surface area contributed by atoms with Gasteiger partial charge in [0.05, 0.1) is 17.5 Å². The number of rotatable bonds is 7. The Morgan fingerprint density at radius 1 is 1.00 bits per heavy atom. The normalized spacial score (nSPS) is 23.5. The summed E-state index contributed by atoms with van der Waals surface area (Å²) >= 11 is 0. The molecule has 212 valence electrons. The second-order valence-electron chi connectivity index (χ2n) is 10.3. The van der Waals surface area contributed by atoms with Gasteiger partial charge in [0, 0.05) is 51.7 Å². The Hall–Kier alpha value is -2.97. The molecule has 1 aromatic carbocycles. The minimum atomic E-state index is -4.43. The third-order valence-electron chi connectivity index (χ3n) is 7.70. The maximum atomic E-state index is 13.4. The zero-order valence-electron chi connectivity index (χ0n) is 21.3. The van der Waals surface area contributed by atoms with Gasteiger partial charge in [0.15, 0.2) is 0 Å². The van der Waals surface area contributed by atoms with E-state index < -0.39 is 33.9 Å². The molecule has 0 unspecified atom stereocenters. The number of amides is 2. The maximum absolute atomic E-state index is 13.4. The minimum Gasteiger partial charge on any atom is -0.350 e. The molecule has 3 aliphatic rings. The lowest BCUT2D eigenvalue weighted by molar-refractivity contribution is -0.142. The molecule has 0 spiro atoms. The van der Waals surface area contributed by atoms with Crippen LogP contribution in [-0.2, 0) is 32.5 Å². The average molecular weight is 569 g/mol. The van der Waals surface area contributed by atoms with Gasteiger partial charge in [-0.1, -0.05) is 12.1 Å². The smallest absolute Gasteiger partial charge is 0.350 e. The van der Waals surface area contributed by atoms with E-state index in [-0.39, 0.29) is 30.9 Å². The van der Waals surface area contributed by atoms with Crippen molar-refractivity contribution in [1.29, 1.82) is 0 Å². The number of nitrogens with zero attached hydrogens (tertiary/aromatic N) is 5. The van der Waals surface area contributed by atoms with Gasteiger partial charge < -0.3 is 10.2 Å². The number of piperidine rings is 1. The first-order valence-electron chi connectivity index (χ1n) is 13.0. The Kier molecular flexibility index (Phi) is 7.71. The van der Waals surface area contributed by atoms with Gasteiger partial charge in [0.2, 0.25) is 11.8 Å². The number of aromatic nitrogens is 2. The molecule has 2 aromatic rings. The highest BCUT2D eigenvalue weighted by atomic mass is 32.2. The molecule has 2 atom stereocenters. The zero-order chi connectivity index (χ0) is 27.8. The fraction of sp³-hybridized carbons (Fsp3) is 0.560. The predicted octanol–water partition coefficient (Wildman–Crippen LogP) is 2.02. The van der Waals surface area contributed by atoms with E-state index in [4.69, 9.17) is 0 Å². The number of carbonyl (C=O) groups excluding carboxylic acids is 2. The third-order valence-corrected chi connectivity index (χ3v) is 9.64. The molecular formula is C25H31F3N6O4S. The number of nitrogens with one attached hydrogen (secondary N) is 1. The van der Waals surface area contributed by atoms with E-state index in [9.17, 15) is 31.2 Å². The van der Waals surface area contributed by atoms with Crippen LogP contribution in [0.4, 0.5) is 13.2 Å². The quantitative estimate of drug-likeness (QED) is 0.550. The largest absolute Gasteiger partial charge is 0.416 e. The van der Waals surface area contributed by atoms with Gasteiger partial charge in [-0.3, -0.25) is 14.3 Å². The molecule has 0 radical (unpaired) electrons. The Bertz CT molecular complexity index is 1280. The van der Waals surface area contributed by atoms with Crippen LogP contribution < -0.4 is 5.32 Å². The molecule has 0 bridgehead atoms. The Morgan fingerprint density at radius 3 is 2.38 bits per heavy atom. The zero-order valence-corrected chi connectivity index (χ0v) is 22.1. The molecule has 3 saturated heterocycles. The molecular weight excluding hydrogens is 537 g/mol. The summed E-state index contributed by atoms with van der Waals surface area (Å²) in [5.74, 6) is -1.15. The van der Waals surface area contributed by atoms with Crippen molar-refractivity contribution >= 4 is 22.0 Å². The number of carbonyl (C=O) groups is 2. The highest BCUT2D eigenvalue weighted by Crippen LogP contribution is 2.31. The SMILES string of the molecule is O=C(NCc1ccc(C(F)(F)F)cc1)[C@H]1CCCN1C(=O)[C@H]1CCCN(S(=O)(=O)N2CC(n3cccn3)C2)C1. The molecule has 39 heavy (non-hydrogen) atoms. The number of benzene rings is 1. The molecule has 4 heterocycles. The average Bonchev–Trinajstić information content (AvgIpc) is 3.58. The molecule has 1 N–H and O–H groups in total. The molecule has 1 aromatic heterocycles. The van der Waals surface area contributed by atoms with Gasteiger partial charge in [0.25, 0.3) is 10.2 Å². The van der Waals surface area contributed by atoms with Gasteiger partial charge in [-0.25, -0.2) is 0 Å². The minimum absolute atomic E-state index is 0.0107. The van der Waals surface area contributed by atoms with Gasteiger partial charge >= 0.3 is 6.18 Å². The lowest BCUT2D eigenvalue weighted by atomic mass is 9.97. The van der Waals surface area contributed by atoms with E-state index in [0.29, 0.717) is 57.4 Å². The lowest BCUT2D eigenvalue weighted by Crippen LogP contribution is -2.58. The monoisotopic (exact) mass is 568 g/mol. The summed E-state index contributed by atoms with van der Waals surface area (Å²) in [4.78, 5) is 27.9. The van der Waals surface area contributed by atoms with Crippen molar-refractivity contribution in [3.05, 3.63) is 53.9 Å². The number of hydrogen-bond donors (Lipinski definition) is 1. The van der Waals surface area contributed by atoms with E-state index in [1.54, 1.807) is 23.1 Å². The van der Waals surface area contributed by atoms with E-state index in [2.05, 4.69) is 10.4 Å². The van der Waals surface area contributed by atoms with Crippen molar-refractivity contribution in [1.82, 2.24) is 28.6 Å². The Morgan fingerprint density at radius 2 is 1.72 bits per heavy atom. The van der Waals surface area contributed by atoms with Crippen molar-refractivity contribution in [2.24, 2.45) is 5.92 Å². The van der Waals surface area contributed by atoms with E-state index in [0.717, 1.165) is 12.1 Å². The summed E-state index contributed by atoms with van der Waals surface area (Å²) in [5.41, 5.74) is -0.248. The van der Waals surface area contributed by atoms with Crippen LogP contribution in [0.15, 0.2) is 42.7 Å². The van der Waals surface area contributed by atoms with Crippen LogP contribution in [0.5, 0.6) is 0 Å². The Balaban J connectivity index is 1.16. The molecule has 0 aliphatic carbocycles. The lowest BCUT2D eigenvalue weighted by Gasteiger charge is -2.42. The second-order valence-corrected chi connectivity index (χ2v) is 12.2. The molecule has 5 rings (SSSR count). The van der Waals surface area contributed by atoms with Crippen molar-refractivity contribution in [2.75, 3.05) is 32.7 Å². The van der Waals surface area contributed by atoms with E-state index >= 15 is 0 Å². The van der Waals surface area contributed by atoms with Crippen LogP contribution in [0, 0.1) is 5.92 Å².